The van der Waals surface area contributed by atoms with Gasteiger partial charge in [0.05, 0.1) is 19.8 Å². The summed E-state index contributed by atoms with van der Waals surface area (Å²) < 4.78 is 21.5. The largest absolute Gasteiger partial charge is 0.463 e. The molecule has 1 aromatic rings. The molecule has 1 saturated heterocycles. The van der Waals surface area contributed by atoms with Gasteiger partial charge in [-0.25, -0.2) is 0 Å². The SMILES string of the molecule is CC(=O)OCCOC1COC(c2ccccc2)OC1. The Morgan fingerprint density at radius 2 is 1.89 bits per heavy atom. The van der Waals surface area contributed by atoms with Crippen LogP contribution in [0, 0.1) is 0 Å². The third kappa shape index (κ3) is 4.63. The molecule has 0 unspecified atom stereocenters. The Morgan fingerprint density at radius 3 is 2.53 bits per heavy atom. The summed E-state index contributed by atoms with van der Waals surface area (Å²) in [5, 5.41) is 0. The molecule has 0 spiro atoms. The number of hydrogen-bond donors (Lipinski definition) is 0. The van der Waals surface area contributed by atoms with Crippen molar-refractivity contribution in [2.24, 2.45) is 0 Å². The minimum Gasteiger partial charge on any atom is -0.463 e. The zero-order valence-electron chi connectivity index (χ0n) is 10.9. The molecule has 0 aromatic heterocycles. The highest BCUT2D eigenvalue weighted by molar-refractivity contribution is 5.65. The van der Waals surface area contributed by atoms with E-state index in [1.165, 1.54) is 6.92 Å². The van der Waals surface area contributed by atoms with Gasteiger partial charge in [-0.15, -0.1) is 0 Å². The molecule has 0 radical (unpaired) electrons. The molecule has 0 bridgehead atoms. The van der Waals surface area contributed by atoms with E-state index in [4.69, 9.17) is 18.9 Å². The molecule has 1 fully saturated rings. The maximum Gasteiger partial charge on any atom is 0.302 e. The molecular weight excluding hydrogens is 248 g/mol. The zero-order chi connectivity index (χ0) is 13.5. The average molecular weight is 266 g/mol. The summed E-state index contributed by atoms with van der Waals surface area (Å²) in [5.41, 5.74) is 1.00. The third-order valence-electron chi connectivity index (χ3n) is 2.68. The second-order valence-corrected chi connectivity index (χ2v) is 4.24. The van der Waals surface area contributed by atoms with Gasteiger partial charge in [0, 0.05) is 12.5 Å². The molecule has 0 atom stereocenters. The van der Waals surface area contributed by atoms with Gasteiger partial charge in [-0.1, -0.05) is 30.3 Å². The maximum atomic E-state index is 10.6. The van der Waals surface area contributed by atoms with Crippen molar-refractivity contribution < 1.29 is 23.7 Å². The minimum atomic E-state index is -0.325. The van der Waals surface area contributed by atoms with Crippen LogP contribution in [-0.2, 0) is 23.7 Å². The fourth-order valence-corrected chi connectivity index (χ4v) is 1.78. The van der Waals surface area contributed by atoms with Crippen LogP contribution in [0.15, 0.2) is 30.3 Å². The van der Waals surface area contributed by atoms with Gasteiger partial charge in [0.2, 0.25) is 0 Å². The van der Waals surface area contributed by atoms with Crippen molar-refractivity contribution in [2.75, 3.05) is 26.4 Å². The standard InChI is InChI=1S/C14H18O5/c1-11(15)16-7-8-17-13-9-18-14(19-10-13)12-5-3-2-4-6-12/h2-6,13-14H,7-10H2,1H3. The monoisotopic (exact) mass is 266 g/mol. The van der Waals surface area contributed by atoms with Crippen LogP contribution in [0.25, 0.3) is 0 Å². The lowest BCUT2D eigenvalue weighted by Crippen LogP contribution is -2.34. The normalized spacial score (nSPS) is 23.0. The van der Waals surface area contributed by atoms with Crippen LogP contribution in [-0.4, -0.2) is 38.5 Å². The molecule has 1 aliphatic rings. The van der Waals surface area contributed by atoms with E-state index >= 15 is 0 Å². The predicted octanol–water partition coefficient (Wildman–Crippen LogP) is 1.68. The van der Waals surface area contributed by atoms with Crippen LogP contribution in [0.2, 0.25) is 0 Å². The van der Waals surface area contributed by atoms with E-state index in [-0.39, 0.29) is 25.0 Å². The highest BCUT2D eigenvalue weighted by Gasteiger charge is 2.23. The first-order chi connectivity index (χ1) is 9.25. The van der Waals surface area contributed by atoms with E-state index in [2.05, 4.69) is 0 Å². The summed E-state index contributed by atoms with van der Waals surface area (Å²) >= 11 is 0. The lowest BCUT2D eigenvalue weighted by Gasteiger charge is -2.29. The molecule has 0 N–H and O–H groups in total. The number of rotatable bonds is 5. The van der Waals surface area contributed by atoms with Gasteiger partial charge in [-0.3, -0.25) is 4.79 Å². The first-order valence-electron chi connectivity index (χ1n) is 6.29. The van der Waals surface area contributed by atoms with Crippen molar-refractivity contribution in [3.63, 3.8) is 0 Å². The van der Waals surface area contributed by atoms with Crippen molar-refractivity contribution in [2.45, 2.75) is 19.3 Å². The molecular formula is C14H18O5. The van der Waals surface area contributed by atoms with E-state index in [0.29, 0.717) is 19.8 Å². The van der Waals surface area contributed by atoms with E-state index in [9.17, 15) is 4.79 Å². The summed E-state index contributed by atoms with van der Waals surface area (Å²) in [5.74, 6) is -0.302. The molecule has 0 saturated carbocycles. The zero-order valence-corrected chi connectivity index (χ0v) is 10.9. The van der Waals surface area contributed by atoms with Gasteiger partial charge in [0.1, 0.15) is 12.7 Å². The number of hydrogen-bond acceptors (Lipinski definition) is 5. The molecule has 104 valence electrons. The number of esters is 1. The van der Waals surface area contributed by atoms with Crippen LogP contribution in [0.1, 0.15) is 18.8 Å². The van der Waals surface area contributed by atoms with Crippen LogP contribution >= 0.6 is 0 Å². The average Bonchev–Trinajstić information content (AvgIpc) is 2.45. The summed E-state index contributed by atoms with van der Waals surface area (Å²) in [6.07, 6.45) is -0.440. The van der Waals surface area contributed by atoms with Gasteiger partial charge in [0.15, 0.2) is 6.29 Å². The number of carbonyl (C=O) groups excluding carboxylic acids is 1. The summed E-state index contributed by atoms with van der Waals surface area (Å²) in [4.78, 5) is 10.6. The van der Waals surface area contributed by atoms with Gasteiger partial charge in [-0.05, 0) is 0 Å². The van der Waals surface area contributed by atoms with Crippen LogP contribution in [0.5, 0.6) is 0 Å². The number of ether oxygens (including phenoxy) is 4. The Morgan fingerprint density at radius 1 is 1.21 bits per heavy atom. The van der Waals surface area contributed by atoms with Crippen molar-refractivity contribution in [1.82, 2.24) is 0 Å². The summed E-state index contributed by atoms with van der Waals surface area (Å²) in [6.45, 7) is 2.93. The Bertz CT molecular complexity index is 384. The quantitative estimate of drug-likeness (QED) is 0.599. The number of benzene rings is 1. The first kappa shape index (κ1) is 14.0. The molecule has 5 nitrogen and oxygen atoms in total. The fourth-order valence-electron chi connectivity index (χ4n) is 1.78. The maximum absolute atomic E-state index is 10.6. The molecule has 2 rings (SSSR count). The number of carbonyl (C=O) groups is 1. The molecule has 1 aromatic carbocycles. The smallest absolute Gasteiger partial charge is 0.302 e. The fraction of sp³-hybridized carbons (Fsp3) is 0.500. The Labute approximate surface area is 112 Å². The molecule has 5 heteroatoms. The highest BCUT2D eigenvalue weighted by atomic mass is 16.7. The first-order valence-corrected chi connectivity index (χ1v) is 6.29. The van der Waals surface area contributed by atoms with E-state index < -0.39 is 0 Å². The second-order valence-electron chi connectivity index (χ2n) is 4.24. The van der Waals surface area contributed by atoms with Gasteiger partial charge in [-0.2, -0.15) is 0 Å². The van der Waals surface area contributed by atoms with Crippen molar-refractivity contribution in [1.29, 1.82) is 0 Å². The van der Waals surface area contributed by atoms with Crippen LogP contribution in [0.3, 0.4) is 0 Å². The molecule has 1 aliphatic heterocycles. The second kappa shape index (κ2) is 7.23. The summed E-state index contributed by atoms with van der Waals surface area (Å²) in [7, 11) is 0. The Hall–Kier alpha value is -1.43. The molecule has 1 heterocycles. The minimum absolute atomic E-state index is 0.115. The van der Waals surface area contributed by atoms with Crippen LogP contribution < -0.4 is 0 Å². The van der Waals surface area contributed by atoms with Gasteiger partial charge in [0.25, 0.3) is 0 Å². The van der Waals surface area contributed by atoms with E-state index in [1.54, 1.807) is 0 Å². The Kier molecular flexibility index (Phi) is 5.32. The topological polar surface area (TPSA) is 54.0 Å². The lowest BCUT2D eigenvalue weighted by molar-refractivity contribution is -0.231. The predicted molar refractivity (Wildman–Crippen MR) is 67.5 cm³/mol. The van der Waals surface area contributed by atoms with Crippen molar-refractivity contribution in [3.05, 3.63) is 35.9 Å². The van der Waals surface area contributed by atoms with E-state index in [0.717, 1.165) is 5.56 Å². The molecule has 19 heavy (non-hydrogen) atoms. The highest BCUT2D eigenvalue weighted by Crippen LogP contribution is 2.23. The van der Waals surface area contributed by atoms with Gasteiger partial charge >= 0.3 is 5.97 Å². The van der Waals surface area contributed by atoms with E-state index in [1.807, 2.05) is 30.3 Å². The lowest BCUT2D eigenvalue weighted by atomic mass is 10.2. The van der Waals surface area contributed by atoms with Crippen molar-refractivity contribution >= 4 is 5.97 Å². The molecule has 0 amide bonds. The summed E-state index contributed by atoms with van der Waals surface area (Å²) in [6, 6.07) is 9.78. The Balaban J connectivity index is 1.67. The van der Waals surface area contributed by atoms with Crippen LogP contribution in [0.4, 0.5) is 0 Å². The third-order valence-corrected chi connectivity index (χ3v) is 2.68. The van der Waals surface area contributed by atoms with Crippen molar-refractivity contribution in [3.8, 4) is 0 Å². The molecule has 0 aliphatic carbocycles. The van der Waals surface area contributed by atoms with Gasteiger partial charge < -0.3 is 18.9 Å².